The second-order valence-electron chi connectivity index (χ2n) is 3.83. The second-order valence-corrected chi connectivity index (χ2v) is 6.32. The standard InChI is InChI=1S/C10H10BrF3O3S/c1-9(10(12,13)14,17-18(2,15)16)7-3-5-8(11)6-4-7/h3-6H,1-2H3/t9-/m0/s1. The summed E-state index contributed by atoms with van der Waals surface area (Å²) in [7, 11) is -4.25. The Morgan fingerprint density at radius 3 is 1.94 bits per heavy atom. The van der Waals surface area contributed by atoms with Crippen LogP contribution < -0.4 is 0 Å². The molecule has 0 aromatic heterocycles. The quantitative estimate of drug-likeness (QED) is 0.789. The first-order valence-corrected chi connectivity index (χ1v) is 7.30. The summed E-state index contributed by atoms with van der Waals surface area (Å²) in [5.41, 5.74) is -3.19. The van der Waals surface area contributed by atoms with Crippen LogP contribution in [0.2, 0.25) is 0 Å². The molecule has 0 spiro atoms. The Balaban J connectivity index is 3.34. The first-order chi connectivity index (χ1) is 7.96. The lowest BCUT2D eigenvalue weighted by molar-refractivity contribution is -0.246. The van der Waals surface area contributed by atoms with E-state index in [9.17, 15) is 21.6 Å². The van der Waals surface area contributed by atoms with Crippen LogP contribution in [0.4, 0.5) is 13.2 Å². The summed E-state index contributed by atoms with van der Waals surface area (Å²) >= 11 is 3.08. The maximum Gasteiger partial charge on any atom is 0.422 e. The van der Waals surface area contributed by atoms with Gasteiger partial charge in [0, 0.05) is 4.47 Å². The summed E-state index contributed by atoms with van der Waals surface area (Å²) in [6.07, 6.45) is -4.28. The van der Waals surface area contributed by atoms with E-state index in [-0.39, 0.29) is 5.56 Å². The minimum atomic E-state index is -4.86. The van der Waals surface area contributed by atoms with Crippen molar-refractivity contribution < 1.29 is 25.8 Å². The van der Waals surface area contributed by atoms with Crippen LogP contribution in [0, 0.1) is 0 Å². The molecule has 0 saturated heterocycles. The lowest BCUT2D eigenvalue weighted by atomic mass is 9.96. The fourth-order valence-corrected chi connectivity index (χ4v) is 2.39. The van der Waals surface area contributed by atoms with Gasteiger partial charge in [0.15, 0.2) is 0 Å². The van der Waals surface area contributed by atoms with Crippen LogP contribution in [0.1, 0.15) is 12.5 Å². The van der Waals surface area contributed by atoms with E-state index in [1.54, 1.807) is 0 Å². The Hall–Kier alpha value is -0.600. The Kier molecular flexibility index (Phi) is 4.14. The lowest BCUT2D eigenvalue weighted by Gasteiger charge is -2.31. The van der Waals surface area contributed by atoms with Crippen molar-refractivity contribution in [3.63, 3.8) is 0 Å². The van der Waals surface area contributed by atoms with E-state index >= 15 is 0 Å². The van der Waals surface area contributed by atoms with Crippen LogP contribution in [0.25, 0.3) is 0 Å². The van der Waals surface area contributed by atoms with Gasteiger partial charge in [-0.05, 0) is 24.6 Å². The molecule has 0 radical (unpaired) electrons. The molecule has 8 heteroatoms. The molecule has 0 aliphatic heterocycles. The fourth-order valence-electron chi connectivity index (χ4n) is 1.33. The van der Waals surface area contributed by atoms with Crippen molar-refractivity contribution in [2.24, 2.45) is 0 Å². The zero-order valence-corrected chi connectivity index (χ0v) is 11.9. The molecule has 0 N–H and O–H groups in total. The highest BCUT2D eigenvalue weighted by Crippen LogP contribution is 2.43. The van der Waals surface area contributed by atoms with Crippen molar-refractivity contribution in [3.8, 4) is 0 Å². The zero-order chi connectivity index (χ0) is 14.2. The van der Waals surface area contributed by atoms with Gasteiger partial charge in [0.25, 0.3) is 10.1 Å². The Labute approximate surface area is 111 Å². The normalized spacial score (nSPS) is 16.3. The monoisotopic (exact) mass is 346 g/mol. The Bertz CT molecular complexity index is 524. The number of hydrogen-bond donors (Lipinski definition) is 0. The molecule has 0 fully saturated rings. The van der Waals surface area contributed by atoms with E-state index in [0.29, 0.717) is 17.7 Å². The van der Waals surface area contributed by atoms with Gasteiger partial charge in [0.1, 0.15) is 0 Å². The number of rotatable bonds is 3. The summed E-state index contributed by atoms with van der Waals surface area (Å²) in [6.45, 7) is 0.678. The van der Waals surface area contributed by atoms with Crippen molar-refractivity contribution in [3.05, 3.63) is 34.3 Å². The summed E-state index contributed by atoms with van der Waals surface area (Å²) in [6, 6.07) is 5.07. The van der Waals surface area contributed by atoms with E-state index in [1.165, 1.54) is 12.1 Å². The highest BCUT2D eigenvalue weighted by Gasteiger charge is 2.56. The van der Waals surface area contributed by atoms with E-state index in [2.05, 4.69) is 20.1 Å². The molecule has 0 heterocycles. The third-order valence-electron chi connectivity index (χ3n) is 2.25. The molecule has 1 aromatic rings. The van der Waals surface area contributed by atoms with Crippen molar-refractivity contribution >= 4 is 26.0 Å². The van der Waals surface area contributed by atoms with Gasteiger partial charge in [-0.15, -0.1) is 0 Å². The Morgan fingerprint density at radius 2 is 1.61 bits per heavy atom. The van der Waals surface area contributed by atoms with E-state index in [0.717, 1.165) is 12.1 Å². The lowest BCUT2D eigenvalue weighted by Crippen LogP contribution is -2.43. The van der Waals surface area contributed by atoms with Gasteiger partial charge in [-0.25, -0.2) is 4.18 Å². The average Bonchev–Trinajstić information content (AvgIpc) is 2.13. The maximum atomic E-state index is 13.0. The summed E-state index contributed by atoms with van der Waals surface area (Å²) in [5, 5.41) is 0. The zero-order valence-electron chi connectivity index (χ0n) is 9.45. The summed E-state index contributed by atoms with van der Waals surface area (Å²) < 4.78 is 65.9. The Morgan fingerprint density at radius 1 is 1.17 bits per heavy atom. The van der Waals surface area contributed by atoms with Gasteiger partial charge < -0.3 is 0 Å². The molecule has 102 valence electrons. The predicted molar refractivity (Wildman–Crippen MR) is 63.5 cm³/mol. The van der Waals surface area contributed by atoms with Crippen LogP contribution in [0.15, 0.2) is 28.7 Å². The smallest absolute Gasteiger partial charge is 0.249 e. The van der Waals surface area contributed by atoms with Crippen molar-refractivity contribution in [1.29, 1.82) is 0 Å². The van der Waals surface area contributed by atoms with Crippen LogP contribution in [-0.2, 0) is 19.9 Å². The van der Waals surface area contributed by atoms with Crippen LogP contribution in [0.5, 0.6) is 0 Å². The minimum absolute atomic E-state index is 0.288. The van der Waals surface area contributed by atoms with Gasteiger partial charge in [0.05, 0.1) is 6.26 Å². The van der Waals surface area contributed by atoms with Gasteiger partial charge in [-0.1, -0.05) is 28.1 Å². The highest BCUT2D eigenvalue weighted by molar-refractivity contribution is 9.10. The molecule has 1 rings (SSSR count). The van der Waals surface area contributed by atoms with Crippen molar-refractivity contribution in [1.82, 2.24) is 0 Å². The largest absolute Gasteiger partial charge is 0.422 e. The average molecular weight is 347 g/mol. The molecule has 0 aliphatic carbocycles. The maximum absolute atomic E-state index is 13.0. The molecule has 0 saturated carbocycles. The second kappa shape index (κ2) is 4.82. The molecule has 18 heavy (non-hydrogen) atoms. The molecule has 0 unspecified atom stereocenters. The molecule has 0 aliphatic rings. The molecular weight excluding hydrogens is 337 g/mol. The minimum Gasteiger partial charge on any atom is -0.249 e. The van der Waals surface area contributed by atoms with Crippen LogP contribution >= 0.6 is 15.9 Å². The van der Waals surface area contributed by atoms with E-state index in [4.69, 9.17) is 0 Å². The molecule has 1 atom stereocenters. The molecule has 1 aromatic carbocycles. The first-order valence-electron chi connectivity index (χ1n) is 4.69. The van der Waals surface area contributed by atoms with Gasteiger partial charge >= 0.3 is 6.18 Å². The van der Waals surface area contributed by atoms with Gasteiger partial charge in [-0.3, -0.25) is 0 Å². The fraction of sp³-hybridized carbons (Fsp3) is 0.400. The van der Waals surface area contributed by atoms with Gasteiger partial charge in [0.2, 0.25) is 5.60 Å². The number of alkyl halides is 3. The molecule has 3 nitrogen and oxygen atoms in total. The van der Waals surface area contributed by atoms with Crippen LogP contribution in [0.3, 0.4) is 0 Å². The predicted octanol–water partition coefficient (Wildman–Crippen LogP) is 3.20. The topological polar surface area (TPSA) is 43.4 Å². The number of benzene rings is 1. The van der Waals surface area contributed by atoms with Crippen molar-refractivity contribution in [2.45, 2.75) is 18.7 Å². The third kappa shape index (κ3) is 3.46. The number of halogens is 4. The SMILES string of the molecule is C[C@](OS(C)(=O)=O)(c1ccc(Br)cc1)C(F)(F)F. The molecule has 0 amide bonds. The summed E-state index contributed by atoms with van der Waals surface area (Å²) in [5.74, 6) is 0. The third-order valence-corrected chi connectivity index (χ3v) is 3.42. The molecular formula is C10H10BrF3O3S. The van der Waals surface area contributed by atoms with Crippen molar-refractivity contribution in [2.75, 3.05) is 6.26 Å². The highest BCUT2D eigenvalue weighted by atomic mass is 79.9. The first kappa shape index (κ1) is 15.5. The number of hydrogen-bond acceptors (Lipinski definition) is 3. The summed E-state index contributed by atoms with van der Waals surface area (Å²) in [4.78, 5) is 0. The van der Waals surface area contributed by atoms with E-state index in [1.807, 2.05) is 0 Å². The molecule has 0 bridgehead atoms. The van der Waals surface area contributed by atoms with Crippen LogP contribution in [-0.4, -0.2) is 20.8 Å². The van der Waals surface area contributed by atoms with E-state index < -0.39 is 21.9 Å². The van der Waals surface area contributed by atoms with Gasteiger partial charge in [-0.2, -0.15) is 21.6 Å².